The van der Waals surface area contributed by atoms with Gasteiger partial charge in [-0.25, -0.2) is 0 Å². The molecule has 0 aliphatic heterocycles. The number of hydrogen-bond acceptors (Lipinski definition) is 0. The zero-order chi connectivity index (χ0) is 12.4. The van der Waals surface area contributed by atoms with Crippen LogP contribution >= 0.6 is 0 Å². The second kappa shape index (κ2) is 3.03. The van der Waals surface area contributed by atoms with Crippen LogP contribution in [0.25, 0.3) is 0 Å². The molecule has 90 valence electrons. The van der Waals surface area contributed by atoms with Crippen molar-refractivity contribution < 1.29 is 0 Å². The van der Waals surface area contributed by atoms with Crippen LogP contribution < -0.4 is 0 Å². The fourth-order valence-electron chi connectivity index (χ4n) is 3.40. The molecule has 2 aliphatic rings. The monoisotopic (exact) mass is 218 g/mol. The summed E-state index contributed by atoms with van der Waals surface area (Å²) in [6.07, 6.45) is 6.32. The van der Waals surface area contributed by atoms with Crippen LogP contribution in [0.15, 0.2) is 23.3 Å². The second-order valence-corrected chi connectivity index (χ2v) is 7.79. The lowest BCUT2D eigenvalue weighted by Crippen LogP contribution is -2.27. The highest BCUT2D eigenvalue weighted by Gasteiger charge is 2.62. The molecule has 0 bridgehead atoms. The van der Waals surface area contributed by atoms with Crippen molar-refractivity contribution in [1.82, 2.24) is 0 Å². The minimum atomic E-state index is 0.327. The summed E-state index contributed by atoms with van der Waals surface area (Å²) in [7, 11) is 0. The number of rotatable bonds is 0. The van der Waals surface area contributed by atoms with Crippen LogP contribution in [0.4, 0.5) is 0 Å². The average Bonchev–Trinajstić information content (AvgIpc) is 2.74. The Balaban J connectivity index is 2.41. The van der Waals surface area contributed by atoms with E-state index in [1.807, 2.05) is 0 Å². The molecular formula is C16H26. The van der Waals surface area contributed by atoms with Crippen LogP contribution in [0.1, 0.15) is 54.9 Å². The van der Waals surface area contributed by atoms with Crippen molar-refractivity contribution in [3.8, 4) is 0 Å². The van der Waals surface area contributed by atoms with Crippen LogP contribution in [0.2, 0.25) is 0 Å². The fraction of sp³-hybridized carbons (Fsp3) is 0.750. The summed E-state index contributed by atoms with van der Waals surface area (Å²) in [5.41, 5.74) is 4.31. The Morgan fingerprint density at radius 2 is 1.69 bits per heavy atom. The van der Waals surface area contributed by atoms with Crippen LogP contribution in [0.3, 0.4) is 0 Å². The molecule has 0 N–H and O–H groups in total. The van der Waals surface area contributed by atoms with Crippen molar-refractivity contribution in [3.63, 3.8) is 0 Å². The van der Waals surface area contributed by atoms with Crippen molar-refractivity contribution in [2.24, 2.45) is 22.2 Å². The first-order chi connectivity index (χ1) is 7.08. The number of allylic oxidation sites excluding steroid dienone is 4. The fourth-order valence-corrected chi connectivity index (χ4v) is 3.40. The van der Waals surface area contributed by atoms with E-state index in [0.29, 0.717) is 16.2 Å². The molecule has 2 atom stereocenters. The minimum Gasteiger partial charge on any atom is -0.0742 e. The molecule has 2 aliphatic carbocycles. The van der Waals surface area contributed by atoms with Gasteiger partial charge in [0.25, 0.3) is 0 Å². The highest BCUT2D eigenvalue weighted by atomic mass is 14.7. The van der Waals surface area contributed by atoms with Gasteiger partial charge >= 0.3 is 0 Å². The van der Waals surface area contributed by atoms with E-state index in [1.165, 1.54) is 12.0 Å². The van der Waals surface area contributed by atoms with E-state index in [1.54, 1.807) is 5.57 Å². The quantitative estimate of drug-likeness (QED) is 0.538. The molecular weight excluding hydrogens is 192 g/mol. The maximum atomic E-state index is 2.53. The average molecular weight is 218 g/mol. The van der Waals surface area contributed by atoms with Gasteiger partial charge in [0.15, 0.2) is 0 Å². The molecule has 0 amide bonds. The van der Waals surface area contributed by atoms with E-state index >= 15 is 0 Å². The highest BCUT2D eigenvalue weighted by molar-refractivity contribution is 5.44. The van der Waals surface area contributed by atoms with E-state index in [0.717, 1.165) is 5.92 Å². The third-order valence-electron chi connectivity index (χ3n) is 4.51. The molecule has 0 heterocycles. The molecule has 2 rings (SSSR count). The first kappa shape index (κ1) is 12.0. The van der Waals surface area contributed by atoms with Gasteiger partial charge in [0, 0.05) is 5.41 Å². The third-order valence-corrected chi connectivity index (χ3v) is 4.51. The van der Waals surface area contributed by atoms with Crippen LogP contribution in [-0.2, 0) is 0 Å². The molecule has 0 nitrogen and oxygen atoms in total. The van der Waals surface area contributed by atoms with Gasteiger partial charge < -0.3 is 0 Å². The number of hydrogen-bond donors (Lipinski definition) is 0. The molecule has 0 spiro atoms. The summed E-state index contributed by atoms with van der Waals surface area (Å²) in [6, 6.07) is 0. The lowest BCUT2D eigenvalue weighted by atomic mass is 9.69. The highest BCUT2D eigenvalue weighted by Crippen LogP contribution is 2.70. The molecule has 0 aromatic carbocycles. The van der Waals surface area contributed by atoms with Gasteiger partial charge in [0.1, 0.15) is 0 Å². The Morgan fingerprint density at radius 1 is 1.12 bits per heavy atom. The molecule has 0 saturated heterocycles. The van der Waals surface area contributed by atoms with Gasteiger partial charge in [-0.15, -0.1) is 0 Å². The van der Waals surface area contributed by atoms with Crippen LogP contribution in [0.5, 0.6) is 0 Å². The lowest BCUT2D eigenvalue weighted by Gasteiger charge is -2.36. The van der Waals surface area contributed by atoms with Crippen LogP contribution in [0, 0.1) is 22.2 Å². The zero-order valence-electron chi connectivity index (χ0n) is 11.9. The smallest absolute Gasteiger partial charge is 0.000798 e. The predicted octanol–water partition coefficient (Wildman–Crippen LogP) is 4.97. The Hall–Kier alpha value is -0.520. The van der Waals surface area contributed by atoms with Gasteiger partial charge in [-0.2, -0.15) is 0 Å². The minimum absolute atomic E-state index is 0.327. The van der Waals surface area contributed by atoms with E-state index < -0.39 is 0 Å². The van der Waals surface area contributed by atoms with E-state index in [-0.39, 0.29) is 0 Å². The molecule has 16 heavy (non-hydrogen) atoms. The lowest BCUT2D eigenvalue weighted by molar-refractivity contribution is 0.245. The summed E-state index contributed by atoms with van der Waals surface area (Å²) in [5, 5.41) is 0. The zero-order valence-corrected chi connectivity index (χ0v) is 11.9. The van der Waals surface area contributed by atoms with Gasteiger partial charge in [-0.05, 0) is 30.1 Å². The number of fused-ring (bicyclic) bond motifs is 1. The van der Waals surface area contributed by atoms with Gasteiger partial charge in [0.05, 0.1) is 0 Å². The topological polar surface area (TPSA) is 0 Å². The SMILES string of the molecule is CC1=CC2(C(C)(C)C)CC2C(C(C)(C)C)=C1. The van der Waals surface area contributed by atoms with Crippen molar-refractivity contribution in [2.75, 3.05) is 0 Å². The molecule has 0 heteroatoms. The second-order valence-electron chi connectivity index (χ2n) is 7.79. The predicted molar refractivity (Wildman–Crippen MR) is 71.3 cm³/mol. The molecule has 1 fully saturated rings. The molecule has 0 radical (unpaired) electrons. The molecule has 0 aromatic rings. The van der Waals surface area contributed by atoms with E-state index in [2.05, 4.69) is 60.6 Å². The van der Waals surface area contributed by atoms with Gasteiger partial charge in [-0.1, -0.05) is 64.8 Å². The largest absolute Gasteiger partial charge is 0.0742 e. The Morgan fingerprint density at radius 3 is 2.12 bits per heavy atom. The molecule has 0 aromatic heterocycles. The normalized spacial score (nSPS) is 34.1. The Labute approximate surface area is 101 Å². The summed E-state index contributed by atoms with van der Waals surface area (Å²) in [5.74, 6) is 0.802. The van der Waals surface area contributed by atoms with Crippen molar-refractivity contribution in [2.45, 2.75) is 54.9 Å². The molecule has 2 unspecified atom stereocenters. The maximum Gasteiger partial charge on any atom is 0.000798 e. The standard InChI is InChI=1S/C16H26/c1-11-8-12(14(2,3)4)13-10-16(13,9-11)15(5,6)7/h8-9,13H,10H2,1-7H3. The van der Waals surface area contributed by atoms with E-state index in [9.17, 15) is 0 Å². The van der Waals surface area contributed by atoms with Crippen molar-refractivity contribution in [3.05, 3.63) is 23.3 Å². The Bertz CT molecular complexity index is 368. The Kier molecular flexibility index (Phi) is 2.26. The summed E-state index contributed by atoms with van der Waals surface area (Å²) in [6.45, 7) is 16.5. The van der Waals surface area contributed by atoms with Gasteiger partial charge in [-0.3, -0.25) is 0 Å². The van der Waals surface area contributed by atoms with Crippen LogP contribution in [-0.4, -0.2) is 0 Å². The first-order valence-electron chi connectivity index (χ1n) is 6.49. The summed E-state index contributed by atoms with van der Waals surface area (Å²) in [4.78, 5) is 0. The third kappa shape index (κ3) is 1.58. The maximum absolute atomic E-state index is 2.53. The summed E-state index contributed by atoms with van der Waals surface area (Å²) < 4.78 is 0. The van der Waals surface area contributed by atoms with Crippen molar-refractivity contribution >= 4 is 0 Å². The van der Waals surface area contributed by atoms with Gasteiger partial charge in [0.2, 0.25) is 0 Å². The summed E-state index contributed by atoms with van der Waals surface area (Å²) >= 11 is 0. The molecule has 1 saturated carbocycles. The van der Waals surface area contributed by atoms with Crippen molar-refractivity contribution in [1.29, 1.82) is 0 Å². The first-order valence-corrected chi connectivity index (χ1v) is 6.49. The van der Waals surface area contributed by atoms with E-state index in [4.69, 9.17) is 0 Å².